The zero-order valence-corrected chi connectivity index (χ0v) is 45.5. The summed E-state index contributed by atoms with van der Waals surface area (Å²) in [5.74, 6) is 6.92. The molecule has 0 fully saturated rings. The molecule has 0 saturated heterocycles. The Morgan fingerprint density at radius 3 is 1.82 bits per heavy atom. The number of rotatable bonds is 5. The van der Waals surface area contributed by atoms with E-state index >= 15 is 0 Å². The molecule has 0 radical (unpaired) electrons. The van der Waals surface area contributed by atoms with E-state index in [0.717, 1.165) is 113 Å². The van der Waals surface area contributed by atoms with Crippen molar-refractivity contribution in [3.63, 3.8) is 0 Å². The maximum Gasteiger partial charge on any atom is 0.192 e. The molecule has 0 atom stereocenters. The molecule has 5 nitrogen and oxygen atoms in total. The molecule has 0 amide bonds. The number of carbonyl (C=O) groups is 1. The van der Waals surface area contributed by atoms with Gasteiger partial charge >= 0.3 is 0 Å². The zero-order valence-electron chi connectivity index (χ0n) is 45.5. The fraction of sp³-hybridized carbons (Fsp3) is 0.107. The monoisotopic (exact) mass is 1030 g/mol. The number of hydrogen-bond donors (Lipinski definition) is 0. The maximum atomic E-state index is 13.6. The summed E-state index contributed by atoms with van der Waals surface area (Å²) in [5, 5.41) is 9.47. The van der Waals surface area contributed by atoms with Crippen LogP contribution in [0.5, 0.6) is 28.7 Å². The van der Waals surface area contributed by atoms with Gasteiger partial charge in [-0.15, -0.1) is 0 Å². The van der Waals surface area contributed by atoms with E-state index in [2.05, 4.69) is 183 Å². The second kappa shape index (κ2) is 17.9. The van der Waals surface area contributed by atoms with Crippen molar-refractivity contribution in [3.05, 3.63) is 256 Å². The number of ketones is 1. The molecule has 5 heteroatoms. The van der Waals surface area contributed by atoms with Gasteiger partial charge in [0.25, 0.3) is 0 Å². The smallest absolute Gasteiger partial charge is 0.192 e. The molecule has 6 aliphatic rings. The molecule has 0 aromatic heterocycles. The van der Waals surface area contributed by atoms with Crippen molar-refractivity contribution in [3.8, 4) is 73.3 Å². The lowest BCUT2D eigenvalue weighted by Crippen LogP contribution is -2.11. The predicted molar refractivity (Wildman–Crippen MR) is 328 cm³/mol. The summed E-state index contributed by atoms with van der Waals surface area (Å²) in [7, 11) is 0. The van der Waals surface area contributed by atoms with Crippen molar-refractivity contribution in [1.29, 1.82) is 0 Å². The van der Waals surface area contributed by atoms with Gasteiger partial charge in [0, 0.05) is 72.9 Å². The Hall–Kier alpha value is -9.71. The van der Waals surface area contributed by atoms with Crippen molar-refractivity contribution in [2.24, 2.45) is 0 Å². The SMILES string of the molecule is C=C(C(=O)C(/C=C\C)=C(C)C)/C(C)=C\C1=C(C)OC2=CC=C3Cc4c2c1c1ccccc1c4-c1cc2c(cc1O3)Cc1ccccc1-2.Cc1ccc2c(c1)-c1c3ccccc3c3c4c(ccc(c14)O2)Oc1cc2ccccc2cc1-3. The minimum atomic E-state index is -0.0611. The Morgan fingerprint density at radius 2 is 1.11 bits per heavy atom. The molecule has 0 spiro atoms. The second-order valence-electron chi connectivity index (χ2n) is 22.1. The van der Waals surface area contributed by atoms with Crippen LogP contribution in [0.1, 0.15) is 68.0 Å². The number of benzene rings is 10. The number of aryl methyl sites for hydroxylation is 1. The minimum Gasteiger partial charge on any atom is -0.461 e. The van der Waals surface area contributed by atoms with E-state index in [-0.39, 0.29) is 5.78 Å². The highest BCUT2D eigenvalue weighted by atomic mass is 16.5. The second-order valence-corrected chi connectivity index (χ2v) is 22.1. The summed E-state index contributed by atoms with van der Waals surface area (Å²) in [4.78, 5) is 13.6. The van der Waals surface area contributed by atoms with E-state index in [1.807, 2.05) is 46.8 Å². The number of carbonyl (C=O) groups excluding carboxylic acids is 1. The molecular formula is C75H54O5. The van der Waals surface area contributed by atoms with E-state index in [4.69, 9.17) is 18.9 Å². The fourth-order valence-corrected chi connectivity index (χ4v) is 13.2. The molecule has 0 unspecified atom stereocenters. The lowest BCUT2D eigenvalue weighted by Gasteiger charge is -2.29. The first-order chi connectivity index (χ1) is 39.0. The maximum absolute atomic E-state index is 13.6. The van der Waals surface area contributed by atoms with Crippen LogP contribution in [0.4, 0.5) is 0 Å². The minimum absolute atomic E-state index is 0.0611. The van der Waals surface area contributed by atoms with Crippen LogP contribution >= 0.6 is 0 Å². The van der Waals surface area contributed by atoms with Crippen molar-refractivity contribution in [2.45, 2.75) is 54.4 Å². The molecule has 10 aromatic carbocycles. The molecule has 4 aliphatic heterocycles. The quantitative estimate of drug-likeness (QED) is 0.0977. The first-order valence-electron chi connectivity index (χ1n) is 27.6. The molecule has 2 aliphatic carbocycles. The van der Waals surface area contributed by atoms with Crippen LogP contribution in [-0.4, -0.2) is 5.78 Å². The average Bonchev–Trinajstić information content (AvgIpc) is 3.81. The summed E-state index contributed by atoms with van der Waals surface area (Å²) >= 11 is 0. The Bertz CT molecular complexity index is 4730. The van der Waals surface area contributed by atoms with E-state index in [1.165, 1.54) is 77.0 Å². The van der Waals surface area contributed by atoms with Gasteiger partial charge in [0.1, 0.15) is 46.0 Å². The van der Waals surface area contributed by atoms with Gasteiger partial charge in [-0.05, 0) is 186 Å². The van der Waals surface area contributed by atoms with Gasteiger partial charge in [-0.3, -0.25) is 4.79 Å². The Balaban J connectivity index is 0.000000146. The summed E-state index contributed by atoms with van der Waals surface area (Å²) in [5.41, 5.74) is 20.8. The van der Waals surface area contributed by atoms with E-state index in [1.54, 1.807) is 0 Å². The molecule has 10 aromatic rings. The number of hydrogen-bond acceptors (Lipinski definition) is 5. The average molecular weight is 1040 g/mol. The highest BCUT2D eigenvalue weighted by Gasteiger charge is 2.36. The van der Waals surface area contributed by atoms with Crippen molar-refractivity contribution < 1.29 is 23.7 Å². The van der Waals surface area contributed by atoms with E-state index in [9.17, 15) is 4.79 Å². The molecule has 0 saturated carbocycles. The zero-order chi connectivity index (χ0) is 54.2. The van der Waals surface area contributed by atoms with Crippen molar-refractivity contribution >= 4 is 60.2 Å². The van der Waals surface area contributed by atoms with Gasteiger partial charge in [0.2, 0.25) is 0 Å². The van der Waals surface area contributed by atoms with Gasteiger partial charge < -0.3 is 18.9 Å². The lowest BCUT2D eigenvalue weighted by atomic mass is 9.80. The van der Waals surface area contributed by atoms with Crippen LogP contribution in [0.2, 0.25) is 0 Å². The summed E-state index contributed by atoms with van der Waals surface area (Å²) in [6.07, 6.45) is 11.5. The fourth-order valence-electron chi connectivity index (χ4n) is 13.2. The van der Waals surface area contributed by atoms with Crippen LogP contribution in [0.15, 0.2) is 222 Å². The lowest BCUT2D eigenvalue weighted by molar-refractivity contribution is -0.111. The standard InChI is InChI=1S/C44H36O3.C31H18O2/c1-7-12-31(24(2)3)44(45)26(5)25(4)19-35-27(6)46-39-18-17-30-22-38-41(33-15-10-11-16-34(33)42(35)43(38)39)37-23-36-29(21-40(37)47-30)20-28-13-8-9-14-32(28)36;1-17-10-11-24-22(14-17)28-20-8-4-5-9-21(20)29-23-15-18-6-2-3-7-19(18)16-27(23)33-26-13-12-25(32-24)30(28)31(26)29/h7-19,21,23H,5,20,22H2,1-4,6H3;2-16H,1H3/b12-7-,25-19-;. The predicted octanol–water partition coefficient (Wildman–Crippen LogP) is 20.0. The van der Waals surface area contributed by atoms with Crippen molar-refractivity contribution in [2.75, 3.05) is 0 Å². The third-order valence-electron chi connectivity index (χ3n) is 16.9. The third-order valence-corrected chi connectivity index (χ3v) is 16.9. The highest BCUT2D eigenvalue weighted by molar-refractivity contribution is 6.27. The summed E-state index contributed by atoms with van der Waals surface area (Å²) in [6, 6.07) is 54.1. The van der Waals surface area contributed by atoms with E-state index < -0.39 is 0 Å². The number of fused-ring (bicyclic) bond motifs is 17. The normalized spacial score (nSPS) is 14.4. The number of allylic oxidation sites excluding steroid dienone is 12. The Labute approximate surface area is 465 Å². The van der Waals surface area contributed by atoms with Gasteiger partial charge in [-0.25, -0.2) is 0 Å². The van der Waals surface area contributed by atoms with Crippen LogP contribution in [-0.2, 0) is 22.4 Å². The first-order valence-corrected chi connectivity index (χ1v) is 27.6. The summed E-state index contributed by atoms with van der Waals surface area (Å²) < 4.78 is 26.4. The molecule has 384 valence electrons. The summed E-state index contributed by atoms with van der Waals surface area (Å²) in [6.45, 7) is 16.2. The first kappa shape index (κ1) is 47.5. The Kier molecular flexibility index (Phi) is 10.6. The third kappa shape index (κ3) is 7.13. The van der Waals surface area contributed by atoms with Crippen LogP contribution in [0.3, 0.4) is 0 Å². The van der Waals surface area contributed by atoms with Gasteiger partial charge in [-0.1, -0.05) is 133 Å². The molecule has 2 bridgehead atoms. The molecule has 0 N–H and O–H groups in total. The van der Waals surface area contributed by atoms with Crippen molar-refractivity contribution in [1.82, 2.24) is 0 Å². The molecule has 80 heavy (non-hydrogen) atoms. The molecular weight excluding hydrogens is 981 g/mol. The number of Topliss-reactive ketones (excluding diaryl/α,β-unsaturated/α-hetero) is 1. The van der Waals surface area contributed by atoms with E-state index in [0.29, 0.717) is 17.6 Å². The number of ether oxygens (including phenoxy) is 4. The van der Waals surface area contributed by atoms with Gasteiger partial charge in [0.05, 0.1) is 0 Å². The van der Waals surface area contributed by atoms with Crippen LogP contribution < -0.4 is 14.2 Å². The molecule has 4 heterocycles. The van der Waals surface area contributed by atoms with Gasteiger partial charge in [0.15, 0.2) is 5.78 Å². The highest BCUT2D eigenvalue weighted by Crippen LogP contribution is 2.59. The topological polar surface area (TPSA) is 54.0 Å². The van der Waals surface area contributed by atoms with Gasteiger partial charge in [-0.2, -0.15) is 0 Å². The van der Waals surface area contributed by atoms with Crippen LogP contribution in [0.25, 0.3) is 98.9 Å². The molecule has 16 rings (SSSR count). The largest absolute Gasteiger partial charge is 0.461 e. The Morgan fingerprint density at radius 1 is 0.512 bits per heavy atom. The van der Waals surface area contributed by atoms with Crippen LogP contribution in [0, 0.1) is 6.92 Å².